The first-order valence-electron chi connectivity index (χ1n) is 3.67. The first-order valence-corrected chi connectivity index (χ1v) is 6.16. The number of hydrogen-bond acceptors (Lipinski definition) is 1. The molecule has 1 saturated heterocycles. The van der Waals surface area contributed by atoms with E-state index in [2.05, 4.69) is 17.0 Å². The number of alkyl halides is 1. The van der Waals surface area contributed by atoms with Crippen LogP contribution in [0.2, 0.25) is 0 Å². The SMILES string of the molecule is CCCN1C[C@H](C)C[I-]1. The van der Waals surface area contributed by atoms with Crippen molar-refractivity contribution in [3.8, 4) is 0 Å². The molecule has 2 heteroatoms. The van der Waals surface area contributed by atoms with Gasteiger partial charge < -0.3 is 0 Å². The average molecular weight is 240 g/mol. The van der Waals surface area contributed by atoms with Crippen LogP contribution in [0.1, 0.15) is 20.3 Å². The average Bonchev–Trinajstić information content (AvgIpc) is 2.17. The molecule has 1 fully saturated rings. The van der Waals surface area contributed by atoms with Gasteiger partial charge in [0.1, 0.15) is 0 Å². The molecule has 0 bridgehead atoms. The van der Waals surface area contributed by atoms with E-state index in [-0.39, 0.29) is 0 Å². The molecule has 1 aliphatic rings. The number of nitrogens with zero attached hydrogens (tertiary/aromatic N) is 1. The van der Waals surface area contributed by atoms with Gasteiger partial charge in [-0.1, -0.05) is 0 Å². The van der Waals surface area contributed by atoms with E-state index in [1.165, 1.54) is 23.9 Å². The Kier molecular flexibility index (Phi) is 3.26. The Labute approximate surface area is 68.4 Å². The van der Waals surface area contributed by atoms with Crippen LogP contribution in [0.15, 0.2) is 0 Å². The quantitative estimate of drug-likeness (QED) is 0.318. The van der Waals surface area contributed by atoms with Crippen LogP contribution in [0.3, 0.4) is 0 Å². The van der Waals surface area contributed by atoms with Crippen molar-refractivity contribution < 1.29 is 21.5 Å². The molecule has 1 aliphatic heterocycles. The van der Waals surface area contributed by atoms with Crippen LogP contribution in [0.25, 0.3) is 0 Å². The van der Waals surface area contributed by atoms with Crippen molar-refractivity contribution in [2.24, 2.45) is 5.92 Å². The van der Waals surface area contributed by atoms with Gasteiger partial charge in [-0.3, -0.25) is 0 Å². The van der Waals surface area contributed by atoms with Crippen LogP contribution in [0, 0.1) is 5.92 Å². The van der Waals surface area contributed by atoms with Gasteiger partial charge in [-0.2, -0.15) is 0 Å². The second-order valence-electron chi connectivity index (χ2n) is 2.75. The Hall–Kier alpha value is 0.690. The van der Waals surface area contributed by atoms with Gasteiger partial charge in [0.15, 0.2) is 0 Å². The second-order valence-corrected chi connectivity index (χ2v) is 5.68. The molecule has 0 radical (unpaired) electrons. The van der Waals surface area contributed by atoms with Crippen LogP contribution < -0.4 is 21.5 Å². The van der Waals surface area contributed by atoms with Gasteiger partial charge in [-0.15, -0.1) is 0 Å². The topological polar surface area (TPSA) is 3.24 Å². The summed E-state index contributed by atoms with van der Waals surface area (Å²) in [5, 5.41) is 0. The van der Waals surface area contributed by atoms with Crippen LogP contribution >= 0.6 is 0 Å². The summed E-state index contributed by atoms with van der Waals surface area (Å²) in [6.07, 6.45) is 1.34. The Morgan fingerprint density at radius 3 is 2.89 bits per heavy atom. The maximum atomic E-state index is 2.67. The molecule has 9 heavy (non-hydrogen) atoms. The monoisotopic (exact) mass is 240 g/mol. The minimum atomic E-state index is 0.463. The third-order valence-corrected chi connectivity index (χ3v) is 5.22. The Balaban J connectivity index is 2.14. The van der Waals surface area contributed by atoms with Gasteiger partial charge in [0.05, 0.1) is 0 Å². The van der Waals surface area contributed by atoms with E-state index >= 15 is 0 Å². The summed E-state index contributed by atoms with van der Waals surface area (Å²) in [6.45, 7) is 7.39. The molecular weight excluding hydrogens is 225 g/mol. The van der Waals surface area contributed by atoms with Crippen molar-refractivity contribution in [2.45, 2.75) is 20.3 Å². The van der Waals surface area contributed by atoms with E-state index in [4.69, 9.17) is 0 Å². The van der Waals surface area contributed by atoms with Gasteiger partial charge >= 0.3 is 68.3 Å². The van der Waals surface area contributed by atoms with Crippen molar-refractivity contribution >= 4 is 0 Å². The van der Waals surface area contributed by atoms with Crippen LogP contribution in [-0.2, 0) is 0 Å². The Bertz CT molecular complexity index is 83.0. The molecule has 0 amide bonds. The second kappa shape index (κ2) is 3.76. The van der Waals surface area contributed by atoms with Crippen LogP contribution in [0.4, 0.5) is 0 Å². The summed E-state index contributed by atoms with van der Waals surface area (Å²) in [5.74, 6) is 1.00. The van der Waals surface area contributed by atoms with Crippen LogP contribution in [-0.4, -0.2) is 20.6 Å². The van der Waals surface area contributed by atoms with Crippen molar-refractivity contribution in [1.82, 2.24) is 3.11 Å². The molecule has 0 aromatic heterocycles. The number of halogens is 1. The van der Waals surface area contributed by atoms with E-state index in [9.17, 15) is 0 Å². The summed E-state index contributed by atoms with van der Waals surface area (Å²) >= 11 is 0.463. The Morgan fingerprint density at radius 2 is 2.44 bits per heavy atom. The van der Waals surface area contributed by atoms with Crippen molar-refractivity contribution in [2.75, 3.05) is 17.5 Å². The molecule has 1 rings (SSSR count). The standard InChI is InChI=1S/C7H15IN/c1-3-4-9-6-7(2)5-8-9/h7H,3-6H2,1-2H3/q-1/t7-/m1/s1. The van der Waals surface area contributed by atoms with E-state index in [0.29, 0.717) is 21.5 Å². The molecule has 0 unspecified atom stereocenters. The van der Waals surface area contributed by atoms with Gasteiger partial charge in [-0.05, 0) is 0 Å². The number of hydrogen-bond donors (Lipinski definition) is 0. The van der Waals surface area contributed by atoms with E-state index in [0.717, 1.165) is 5.92 Å². The van der Waals surface area contributed by atoms with Crippen LogP contribution in [0.5, 0.6) is 0 Å². The molecule has 56 valence electrons. The van der Waals surface area contributed by atoms with Gasteiger partial charge in [-0.25, -0.2) is 0 Å². The predicted octanol–water partition coefficient (Wildman–Crippen LogP) is -1.65. The molecule has 1 heterocycles. The Morgan fingerprint density at radius 1 is 1.67 bits per heavy atom. The normalized spacial score (nSPS) is 30.2. The molecule has 0 saturated carbocycles. The van der Waals surface area contributed by atoms with Gasteiger partial charge in [0, 0.05) is 0 Å². The molecule has 1 atom stereocenters. The fourth-order valence-electron chi connectivity index (χ4n) is 1.04. The third-order valence-electron chi connectivity index (χ3n) is 1.48. The molecule has 1 nitrogen and oxygen atoms in total. The third kappa shape index (κ3) is 2.42. The van der Waals surface area contributed by atoms with E-state index < -0.39 is 0 Å². The minimum absolute atomic E-state index is 0.463. The predicted molar refractivity (Wildman–Crippen MR) is 35.9 cm³/mol. The van der Waals surface area contributed by atoms with E-state index in [1.54, 1.807) is 0 Å². The molecule has 0 aromatic rings. The number of rotatable bonds is 2. The summed E-state index contributed by atoms with van der Waals surface area (Å²) in [6, 6.07) is 0. The summed E-state index contributed by atoms with van der Waals surface area (Å²) in [7, 11) is 0. The zero-order valence-corrected chi connectivity index (χ0v) is 8.39. The summed E-state index contributed by atoms with van der Waals surface area (Å²) in [4.78, 5) is 0. The zero-order valence-electron chi connectivity index (χ0n) is 6.23. The molecule has 0 spiro atoms. The zero-order chi connectivity index (χ0) is 6.69. The first-order chi connectivity index (χ1) is 4.33. The molecule has 0 N–H and O–H groups in total. The molecule has 0 aliphatic carbocycles. The fourth-order valence-corrected chi connectivity index (χ4v) is 4.33. The maximum absolute atomic E-state index is 2.67. The van der Waals surface area contributed by atoms with Crippen molar-refractivity contribution in [3.05, 3.63) is 0 Å². The summed E-state index contributed by atoms with van der Waals surface area (Å²) < 4.78 is 4.20. The van der Waals surface area contributed by atoms with E-state index in [1.807, 2.05) is 0 Å². The van der Waals surface area contributed by atoms with Crippen molar-refractivity contribution in [1.29, 1.82) is 0 Å². The molecule has 0 aromatic carbocycles. The fraction of sp³-hybridized carbons (Fsp3) is 1.00. The first kappa shape index (κ1) is 7.79. The van der Waals surface area contributed by atoms with Crippen molar-refractivity contribution in [3.63, 3.8) is 0 Å². The van der Waals surface area contributed by atoms with Gasteiger partial charge in [0.2, 0.25) is 0 Å². The molecular formula is C7H15IN-. The van der Waals surface area contributed by atoms with Gasteiger partial charge in [0.25, 0.3) is 0 Å². The summed E-state index contributed by atoms with van der Waals surface area (Å²) in [5.41, 5.74) is 0.